The van der Waals surface area contributed by atoms with Crippen molar-refractivity contribution in [1.82, 2.24) is 9.97 Å². The molecule has 0 aliphatic heterocycles. The molecule has 164 valence electrons. The van der Waals surface area contributed by atoms with E-state index in [1.165, 1.54) is 9.40 Å². The molecule has 34 heavy (non-hydrogen) atoms. The van der Waals surface area contributed by atoms with E-state index in [1.807, 2.05) is 42.5 Å². The quantitative estimate of drug-likeness (QED) is 0.244. The molecule has 0 spiro atoms. The van der Waals surface area contributed by atoms with Gasteiger partial charge in [0.05, 0.1) is 20.4 Å². The topological polar surface area (TPSA) is 35.0 Å². The fraction of sp³-hybridized carbons (Fsp3) is 0.0345. The maximum atomic E-state index is 5.96. The van der Waals surface area contributed by atoms with Crippen LogP contribution in [-0.4, -0.2) is 9.97 Å². The molecule has 6 aromatic rings. The number of ether oxygens (including phenoxy) is 1. The van der Waals surface area contributed by atoms with Crippen LogP contribution in [0.2, 0.25) is 0 Å². The summed E-state index contributed by atoms with van der Waals surface area (Å²) in [6, 6.07) is 34.9. The summed E-state index contributed by atoms with van der Waals surface area (Å²) >= 11 is 3.40. The maximum Gasteiger partial charge on any atom is 0.127 e. The van der Waals surface area contributed by atoms with E-state index in [-0.39, 0.29) is 0 Å². The van der Waals surface area contributed by atoms with Crippen LogP contribution < -0.4 is 4.74 Å². The first kappa shape index (κ1) is 20.8. The number of para-hydroxylation sites is 2. The van der Waals surface area contributed by atoms with Gasteiger partial charge in [-0.05, 0) is 53.6 Å². The Kier molecular flexibility index (Phi) is 5.63. The number of nitrogens with zero attached hydrogens (tertiary/aromatic N) is 2. The molecule has 0 unspecified atom stereocenters. The van der Waals surface area contributed by atoms with E-state index in [0.29, 0.717) is 6.61 Å². The number of fused-ring (bicyclic) bond motifs is 2. The number of aromatic nitrogens is 2. The third-order valence-corrected chi connectivity index (χ3v) is 7.63. The first-order chi connectivity index (χ1) is 16.8. The van der Waals surface area contributed by atoms with Crippen LogP contribution in [-0.2, 0) is 6.61 Å². The Morgan fingerprint density at radius 1 is 0.647 bits per heavy atom. The average Bonchev–Trinajstić information content (AvgIpc) is 3.51. The van der Waals surface area contributed by atoms with Crippen molar-refractivity contribution >= 4 is 54.8 Å². The number of rotatable bonds is 6. The summed E-state index contributed by atoms with van der Waals surface area (Å²) in [6.45, 7) is 0.554. The second-order valence-corrected chi connectivity index (χ2v) is 9.94. The Morgan fingerprint density at radius 2 is 1.21 bits per heavy atom. The molecule has 0 saturated carbocycles. The Labute approximate surface area is 205 Å². The van der Waals surface area contributed by atoms with Crippen molar-refractivity contribution in [3.05, 3.63) is 124 Å². The molecular formula is C29H20N2OS2. The van der Waals surface area contributed by atoms with Crippen LogP contribution in [0, 0.1) is 0 Å². The lowest BCUT2D eigenvalue weighted by molar-refractivity contribution is 0.306. The third kappa shape index (κ3) is 4.36. The minimum Gasteiger partial charge on any atom is -0.489 e. The van der Waals surface area contributed by atoms with Crippen molar-refractivity contribution in [3.63, 3.8) is 0 Å². The molecule has 0 saturated heterocycles. The molecule has 0 bridgehead atoms. The lowest BCUT2D eigenvalue weighted by atomic mass is 10.1. The normalized spacial score (nSPS) is 11.1. The summed E-state index contributed by atoms with van der Waals surface area (Å²) < 4.78 is 8.31. The first-order valence-corrected chi connectivity index (χ1v) is 12.7. The Balaban J connectivity index is 1.35. The highest BCUT2D eigenvalue weighted by Gasteiger charge is 2.15. The van der Waals surface area contributed by atoms with Crippen LogP contribution in [0.1, 0.15) is 21.1 Å². The van der Waals surface area contributed by atoms with Gasteiger partial charge in [-0.15, -0.1) is 22.7 Å². The summed E-state index contributed by atoms with van der Waals surface area (Å²) in [4.78, 5) is 9.86. The zero-order valence-electron chi connectivity index (χ0n) is 18.2. The van der Waals surface area contributed by atoms with Gasteiger partial charge >= 0.3 is 0 Å². The molecule has 0 amide bonds. The monoisotopic (exact) mass is 476 g/mol. The van der Waals surface area contributed by atoms with Crippen molar-refractivity contribution in [2.24, 2.45) is 0 Å². The van der Waals surface area contributed by atoms with E-state index in [0.717, 1.165) is 43.5 Å². The lowest BCUT2D eigenvalue weighted by Gasteiger charge is -2.07. The zero-order chi connectivity index (χ0) is 22.7. The van der Waals surface area contributed by atoms with Crippen LogP contribution in [0.25, 0.3) is 32.1 Å². The maximum absolute atomic E-state index is 5.96. The van der Waals surface area contributed by atoms with Gasteiger partial charge in [-0.1, -0.05) is 66.7 Å². The van der Waals surface area contributed by atoms with Crippen molar-refractivity contribution in [1.29, 1.82) is 0 Å². The second-order valence-electron chi connectivity index (χ2n) is 7.87. The molecule has 0 N–H and O–H groups in total. The van der Waals surface area contributed by atoms with E-state index in [1.54, 1.807) is 22.7 Å². The molecule has 0 aliphatic rings. The summed E-state index contributed by atoms with van der Waals surface area (Å²) in [5, 5.41) is 1.95. The predicted octanol–water partition coefficient (Wildman–Crippen LogP) is 8.07. The van der Waals surface area contributed by atoms with E-state index in [9.17, 15) is 0 Å². The Bertz CT molecular complexity index is 1460. The van der Waals surface area contributed by atoms with Crippen LogP contribution in [0.5, 0.6) is 5.75 Å². The van der Waals surface area contributed by atoms with Crippen LogP contribution >= 0.6 is 22.7 Å². The molecule has 2 heterocycles. The largest absolute Gasteiger partial charge is 0.489 e. The molecule has 0 aliphatic carbocycles. The zero-order valence-corrected chi connectivity index (χ0v) is 19.9. The third-order valence-electron chi connectivity index (χ3n) is 5.49. The number of hydrogen-bond acceptors (Lipinski definition) is 5. The molecule has 0 atom stereocenters. The molecule has 2 aromatic heterocycles. The van der Waals surface area contributed by atoms with Gasteiger partial charge in [-0.3, -0.25) is 0 Å². The van der Waals surface area contributed by atoms with E-state index < -0.39 is 0 Å². The minimum absolute atomic E-state index is 0.554. The summed E-state index contributed by atoms with van der Waals surface area (Å²) in [6.07, 6.45) is 2.18. The van der Waals surface area contributed by atoms with Gasteiger partial charge in [-0.2, -0.15) is 0 Å². The minimum atomic E-state index is 0.554. The average molecular weight is 477 g/mol. The highest BCUT2D eigenvalue weighted by Crippen LogP contribution is 2.36. The molecule has 4 aromatic carbocycles. The standard InChI is InChI=1S/C29H20N2OS2/c1-2-8-21(9-3-1)19-32-22-16-14-20(15-17-22)18-23(28-30-24-10-4-6-12-26(24)33-28)29-31-25-11-5-7-13-27(25)34-29/h1-18H,19H2. The van der Waals surface area contributed by atoms with Crippen LogP contribution in [0.4, 0.5) is 0 Å². The first-order valence-electron chi connectivity index (χ1n) is 11.0. The van der Waals surface area contributed by atoms with Gasteiger partial charge in [0.15, 0.2) is 0 Å². The summed E-state index contributed by atoms with van der Waals surface area (Å²) in [5.41, 5.74) is 5.31. The SMILES string of the molecule is C(=C(c1nc2ccccc2s1)c1nc2ccccc2s1)c1ccc(OCc2ccccc2)cc1. The van der Waals surface area contributed by atoms with Crippen LogP contribution in [0.3, 0.4) is 0 Å². The van der Waals surface area contributed by atoms with Crippen molar-refractivity contribution in [2.75, 3.05) is 0 Å². The summed E-state index contributed by atoms with van der Waals surface area (Å²) in [5.74, 6) is 0.850. The second kappa shape index (κ2) is 9.21. The number of thiazole rings is 2. The van der Waals surface area contributed by atoms with Crippen molar-refractivity contribution < 1.29 is 4.74 Å². The lowest BCUT2D eigenvalue weighted by Crippen LogP contribution is -1.94. The molecule has 0 fully saturated rings. The highest BCUT2D eigenvalue weighted by molar-refractivity contribution is 7.22. The Hall–Kier alpha value is -3.80. The van der Waals surface area contributed by atoms with Gasteiger partial charge in [0.25, 0.3) is 0 Å². The van der Waals surface area contributed by atoms with Gasteiger partial charge in [0, 0.05) is 5.57 Å². The fourth-order valence-electron chi connectivity index (χ4n) is 3.76. The fourth-order valence-corrected chi connectivity index (χ4v) is 5.79. The van der Waals surface area contributed by atoms with Gasteiger partial charge in [0.1, 0.15) is 22.4 Å². The van der Waals surface area contributed by atoms with Crippen molar-refractivity contribution in [3.8, 4) is 5.75 Å². The predicted molar refractivity (Wildman–Crippen MR) is 143 cm³/mol. The number of benzene rings is 4. The molecule has 3 nitrogen and oxygen atoms in total. The van der Waals surface area contributed by atoms with Gasteiger partial charge < -0.3 is 4.74 Å². The summed E-state index contributed by atoms with van der Waals surface area (Å²) in [7, 11) is 0. The number of hydrogen-bond donors (Lipinski definition) is 0. The van der Waals surface area contributed by atoms with Crippen molar-refractivity contribution in [2.45, 2.75) is 6.61 Å². The molecular weight excluding hydrogens is 456 g/mol. The molecule has 5 heteroatoms. The van der Waals surface area contributed by atoms with Gasteiger partial charge in [0.2, 0.25) is 0 Å². The van der Waals surface area contributed by atoms with Gasteiger partial charge in [-0.25, -0.2) is 9.97 Å². The van der Waals surface area contributed by atoms with E-state index >= 15 is 0 Å². The van der Waals surface area contributed by atoms with E-state index in [4.69, 9.17) is 14.7 Å². The molecule has 6 rings (SSSR count). The Morgan fingerprint density at radius 3 is 1.79 bits per heavy atom. The highest BCUT2D eigenvalue weighted by atomic mass is 32.1. The molecule has 0 radical (unpaired) electrons. The van der Waals surface area contributed by atoms with E-state index in [2.05, 4.69) is 66.7 Å². The van der Waals surface area contributed by atoms with Crippen LogP contribution in [0.15, 0.2) is 103 Å². The smallest absolute Gasteiger partial charge is 0.127 e.